The lowest BCUT2D eigenvalue weighted by Crippen LogP contribution is -2.23. The molecule has 3 heterocycles. The monoisotopic (exact) mass is 415 g/mol. The fraction of sp³-hybridized carbons (Fsp3) is 0.167. The summed E-state index contributed by atoms with van der Waals surface area (Å²) in [5, 5.41) is 11.0. The van der Waals surface area contributed by atoms with Crippen LogP contribution in [-0.4, -0.2) is 29.8 Å². The Morgan fingerprint density at radius 3 is 3.03 bits per heavy atom. The average Bonchev–Trinajstić information content (AvgIpc) is 3.55. The number of benzene rings is 2. The number of carbonyl (C=O) groups is 1. The lowest BCUT2D eigenvalue weighted by Gasteiger charge is -2.10. The number of nitrogens with one attached hydrogen (secondary N) is 2. The van der Waals surface area contributed by atoms with Crippen molar-refractivity contribution in [2.24, 2.45) is 0 Å². The number of rotatable bonds is 6. The van der Waals surface area contributed by atoms with Gasteiger partial charge in [0.15, 0.2) is 0 Å². The molecule has 4 aromatic rings. The molecule has 0 saturated heterocycles. The second-order valence-corrected chi connectivity index (χ2v) is 7.24. The Hall–Kier alpha value is -4.00. The van der Waals surface area contributed by atoms with Crippen molar-refractivity contribution in [3.8, 4) is 11.5 Å². The lowest BCUT2D eigenvalue weighted by molar-refractivity contribution is 0.0945. The van der Waals surface area contributed by atoms with Crippen LogP contribution in [0.2, 0.25) is 0 Å². The van der Waals surface area contributed by atoms with Crippen LogP contribution in [0.5, 0.6) is 11.5 Å². The van der Waals surface area contributed by atoms with Gasteiger partial charge in [-0.15, -0.1) is 0 Å². The number of methoxy groups -OCH3 is 1. The van der Waals surface area contributed by atoms with E-state index in [1.165, 1.54) is 5.56 Å². The summed E-state index contributed by atoms with van der Waals surface area (Å²) in [6.45, 7) is 1.03. The minimum atomic E-state index is -0.245. The third kappa shape index (κ3) is 3.66. The molecule has 1 aliphatic heterocycles. The summed E-state index contributed by atoms with van der Waals surface area (Å²) < 4.78 is 16.5. The molecule has 7 heteroatoms. The highest BCUT2D eigenvalue weighted by atomic mass is 16.5. The van der Waals surface area contributed by atoms with E-state index >= 15 is 0 Å². The lowest BCUT2D eigenvalue weighted by atomic mass is 10.1. The van der Waals surface area contributed by atoms with Gasteiger partial charge in [-0.3, -0.25) is 9.89 Å². The normalized spacial score (nSPS) is 12.8. The third-order valence-corrected chi connectivity index (χ3v) is 5.31. The number of hydrogen-bond acceptors (Lipinski definition) is 5. The number of ether oxygens (including phenoxy) is 2. The molecule has 1 amide bonds. The van der Waals surface area contributed by atoms with Gasteiger partial charge in [0.2, 0.25) is 0 Å². The average molecular weight is 415 g/mol. The van der Waals surface area contributed by atoms with E-state index in [9.17, 15) is 4.79 Å². The highest BCUT2D eigenvalue weighted by Gasteiger charge is 2.19. The minimum absolute atomic E-state index is 0.245. The second-order valence-electron chi connectivity index (χ2n) is 7.24. The molecule has 1 aliphatic rings. The highest BCUT2D eigenvalue weighted by Crippen LogP contribution is 2.33. The van der Waals surface area contributed by atoms with Crippen molar-refractivity contribution in [3.63, 3.8) is 0 Å². The first kappa shape index (κ1) is 19.0. The van der Waals surface area contributed by atoms with E-state index in [2.05, 4.69) is 21.6 Å². The fourth-order valence-electron chi connectivity index (χ4n) is 3.78. The number of hydrogen-bond donors (Lipinski definition) is 2. The number of nitrogens with zero attached hydrogens (tertiary/aromatic N) is 1. The summed E-state index contributed by atoms with van der Waals surface area (Å²) in [6, 6.07) is 13.3. The minimum Gasteiger partial charge on any atom is -0.495 e. The largest absolute Gasteiger partial charge is 0.495 e. The quantitative estimate of drug-likeness (QED) is 0.493. The van der Waals surface area contributed by atoms with Crippen molar-refractivity contribution < 1.29 is 18.7 Å². The summed E-state index contributed by atoms with van der Waals surface area (Å²) in [4.78, 5) is 12.8. The maximum atomic E-state index is 12.8. The Kier molecular flexibility index (Phi) is 4.92. The predicted molar refractivity (Wildman–Crippen MR) is 117 cm³/mol. The Morgan fingerprint density at radius 1 is 1.26 bits per heavy atom. The van der Waals surface area contributed by atoms with Gasteiger partial charge >= 0.3 is 0 Å². The molecular weight excluding hydrogens is 394 g/mol. The first-order chi connectivity index (χ1) is 15.2. The number of furan rings is 1. The first-order valence-corrected chi connectivity index (χ1v) is 10.0. The zero-order valence-corrected chi connectivity index (χ0v) is 17.0. The number of amides is 1. The Labute approximate surface area is 178 Å². The van der Waals surface area contributed by atoms with Crippen LogP contribution >= 0.6 is 0 Å². The molecule has 2 aromatic heterocycles. The molecule has 0 bridgehead atoms. The molecule has 156 valence electrons. The van der Waals surface area contributed by atoms with Crippen molar-refractivity contribution >= 4 is 29.0 Å². The maximum Gasteiger partial charge on any atom is 0.255 e. The van der Waals surface area contributed by atoms with E-state index in [0.717, 1.165) is 40.9 Å². The number of carbonyl (C=O) groups excluding carboxylic acids is 1. The van der Waals surface area contributed by atoms with Crippen LogP contribution in [0.25, 0.3) is 23.1 Å². The molecule has 0 atom stereocenters. The van der Waals surface area contributed by atoms with Gasteiger partial charge in [0, 0.05) is 6.42 Å². The topological polar surface area (TPSA) is 89.4 Å². The highest BCUT2D eigenvalue weighted by molar-refractivity contribution is 6.05. The van der Waals surface area contributed by atoms with Gasteiger partial charge < -0.3 is 19.2 Å². The Bertz CT molecular complexity index is 1270. The van der Waals surface area contributed by atoms with Crippen LogP contribution in [0, 0.1) is 0 Å². The molecule has 5 rings (SSSR count). The van der Waals surface area contributed by atoms with Gasteiger partial charge in [0.25, 0.3) is 5.91 Å². The SMILES string of the molecule is COc1c(C(=O)NCc2ccco2)ccc2n[nH]c(/C=C/c3ccc4c(c3)CCO4)c12. The maximum absolute atomic E-state index is 12.8. The van der Waals surface area contributed by atoms with E-state index in [1.807, 2.05) is 30.4 Å². The number of fused-ring (bicyclic) bond motifs is 2. The molecule has 7 nitrogen and oxygen atoms in total. The first-order valence-electron chi connectivity index (χ1n) is 10.0. The van der Waals surface area contributed by atoms with Crippen LogP contribution in [0.15, 0.2) is 53.1 Å². The summed E-state index contributed by atoms with van der Waals surface area (Å²) in [5.41, 5.74) is 4.21. The molecule has 0 saturated carbocycles. The van der Waals surface area contributed by atoms with Gasteiger partial charge in [0.05, 0.1) is 48.7 Å². The van der Waals surface area contributed by atoms with Gasteiger partial charge in [-0.2, -0.15) is 5.10 Å². The molecule has 31 heavy (non-hydrogen) atoms. The summed E-state index contributed by atoms with van der Waals surface area (Å²) >= 11 is 0. The van der Waals surface area contributed by atoms with Crippen LogP contribution < -0.4 is 14.8 Å². The van der Waals surface area contributed by atoms with Crippen molar-refractivity contribution in [2.75, 3.05) is 13.7 Å². The van der Waals surface area contributed by atoms with Gasteiger partial charge in [-0.1, -0.05) is 12.1 Å². The van der Waals surface area contributed by atoms with Crippen molar-refractivity contribution in [1.29, 1.82) is 0 Å². The molecular formula is C24H21N3O4. The van der Waals surface area contributed by atoms with Gasteiger partial charge in [-0.05, 0) is 53.6 Å². The molecule has 0 radical (unpaired) electrons. The smallest absolute Gasteiger partial charge is 0.255 e. The zero-order chi connectivity index (χ0) is 21.2. The van der Waals surface area contributed by atoms with E-state index in [1.54, 1.807) is 31.6 Å². The molecule has 0 fully saturated rings. The van der Waals surface area contributed by atoms with Crippen LogP contribution in [0.3, 0.4) is 0 Å². The summed E-state index contributed by atoms with van der Waals surface area (Å²) in [5.74, 6) is 1.87. The number of H-pyrrole nitrogens is 1. The number of aromatic nitrogens is 2. The van der Waals surface area contributed by atoms with Gasteiger partial charge in [-0.25, -0.2) is 0 Å². The predicted octanol–water partition coefficient (Wildman–Crippen LogP) is 4.20. The summed E-state index contributed by atoms with van der Waals surface area (Å²) in [7, 11) is 1.55. The van der Waals surface area contributed by atoms with Crippen LogP contribution in [-0.2, 0) is 13.0 Å². The van der Waals surface area contributed by atoms with E-state index in [4.69, 9.17) is 13.9 Å². The standard InChI is InChI=1S/C24H21N3O4/c1-29-23-18(24(28)25-14-17-3-2-11-30-17)6-8-20-22(23)19(26-27-20)7-4-15-5-9-21-16(13-15)10-12-31-21/h2-9,11,13H,10,12,14H2,1H3,(H,25,28)(H,26,27)/b7-4+. The zero-order valence-electron chi connectivity index (χ0n) is 17.0. The Balaban J connectivity index is 1.45. The van der Waals surface area contributed by atoms with E-state index < -0.39 is 0 Å². The molecule has 2 N–H and O–H groups in total. The molecule has 2 aromatic carbocycles. The third-order valence-electron chi connectivity index (χ3n) is 5.31. The second kappa shape index (κ2) is 8.02. The van der Waals surface area contributed by atoms with E-state index in [0.29, 0.717) is 23.6 Å². The molecule has 0 unspecified atom stereocenters. The number of aromatic amines is 1. The van der Waals surface area contributed by atoms with Crippen LogP contribution in [0.4, 0.5) is 0 Å². The van der Waals surface area contributed by atoms with Crippen molar-refractivity contribution in [3.05, 3.63) is 76.9 Å². The fourth-order valence-corrected chi connectivity index (χ4v) is 3.78. The van der Waals surface area contributed by atoms with Crippen molar-refractivity contribution in [2.45, 2.75) is 13.0 Å². The van der Waals surface area contributed by atoms with Crippen LogP contribution in [0.1, 0.15) is 32.9 Å². The van der Waals surface area contributed by atoms with Gasteiger partial charge in [0.1, 0.15) is 17.3 Å². The summed E-state index contributed by atoms with van der Waals surface area (Å²) in [6.07, 6.45) is 6.45. The molecule has 0 aliphatic carbocycles. The molecule has 0 spiro atoms. The van der Waals surface area contributed by atoms with E-state index in [-0.39, 0.29) is 5.91 Å². The Morgan fingerprint density at radius 2 is 2.19 bits per heavy atom. The van der Waals surface area contributed by atoms with Crippen molar-refractivity contribution in [1.82, 2.24) is 15.5 Å².